The maximum Gasteiger partial charge on any atom is 0.0539 e. The summed E-state index contributed by atoms with van der Waals surface area (Å²) in [4.78, 5) is 3.03. The highest BCUT2D eigenvalue weighted by atomic mass is 79.9. The van der Waals surface area contributed by atoms with Gasteiger partial charge in [-0.25, -0.2) is 0 Å². The Kier molecular flexibility index (Phi) is 2.65. The van der Waals surface area contributed by atoms with E-state index in [2.05, 4.69) is 36.8 Å². The van der Waals surface area contributed by atoms with Gasteiger partial charge in [0.1, 0.15) is 0 Å². The fraction of sp³-hybridized carbons (Fsp3) is 0. The number of hydrogen-bond acceptors (Lipinski definition) is 1. The summed E-state index contributed by atoms with van der Waals surface area (Å²) in [6, 6.07) is 5.89. The number of rotatable bonds is 1. The van der Waals surface area contributed by atoms with Crippen LogP contribution in [0.25, 0.3) is 11.1 Å². The first kappa shape index (κ1) is 9.80. The summed E-state index contributed by atoms with van der Waals surface area (Å²) < 4.78 is 1.94. The third-order valence-corrected chi connectivity index (χ3v) is 3.39. The van der Waals surface area contributed by atoms with E-state index in [0.29, 0.717) is 0 Å². The summed E-state index contributed by atoms with van der Waals surface area (Å²) in [6.07, 6.45) is 3.80. The molecule has 1 aromatic heterocycles. The van der Waals surface area contributed by atoms with Gasteiger partial charge in [0, 0.05) is 32.5 Å². The zero-order valence-corrected chi connectivity index (χ0v) is 10.4. The Bertz CT molecular complexity index is 463. The van der Waals surface area contributed by atoms with Crippen molar-refractivity contribution in [3.8, 4) is 11.1 Å². The number of aromatic nitrogens is 1. The number of nitrogens with two attached hydrogens (primary N) is 1. The van der Waals surface area contributed by atoms with Crippen LogP contribution in [0.1, 0.15) is 0 Å². The Morgan fingerprint density at radius 3 is 2.43 bits per heavy atom. The summed E-state index contributed by atoms with van der Waals surface area (Å²) in [6.45, 7) is 0. The van der Waals surface area contributed by atoms with Gasteiger partial charge in [0.2, 0.25) is 0 Å². The number of halogens is 2. The van der Waals surface area contributed by atoms with Crippen LogP contribution < -0.4 is 5.73 Å². The number of nitrogens with one attached hydrogen (secondary N) is 1. The summed E-state index contributed by atoms with van der Waals surface area (Å²) in [5.74, 6) is 0. The maximum atomic E-state index is 5.96. The standard InChI is InChI=1S/C10H8Br2N2/c11-8-3-1-2-6(10(8)13)7-4-14-5-9(7)12/h1-5,14H,13H2. The third kappa shape index (κ3) is 1.60. The highest BCUT2D eigenvalue weighted by Crippen LogP contribution is 2.35. The normalized spacial score (nSPS) is 10.4. The predicted molar refractivity (Wildman–Crippen MR) is 66.0 cm³/mol. The van der Waals surface area contributed by atoms with Crippen molar-refractivity contribution in [2.24, 2.45) is 0 Å². The van der Waals surface area contributed by atoms with Gasteiger partial charge in [0.05, 0.1) is 5.69 Å². The first-order valence-electron chi connectivity index (χ1n) is 4.07. The van der Waals surface area contributed by atoms with E-state index >= 15 is 0 Å². The lowest BCUT2D eigenvalue weighted by Crippen LogP contribution is -1.90. The Morgan fingerprint density at radius 1 is 1.00 bits per heavy atom. The molecule has 0 aliphatic carbocycles. The van der Waals surface area contributed by atoms with Crippen LogP contribution in [0.15, 0.2) is 39.5 Å². The molecule has 1 heterocycles. The van der Waals surface area contributed by atoms with Crippen molar-refractivity contribution in [3.05, 3.63) is 39.5 Å². The molecule has 0 bridgehead atoms. The van der Waals surface area contributed by atoms with Crippen molar-refractivity contribution in [2.75, 3.05) is 5.73 Å². The molecule has 0 fully saturated rings. The molecule has 72 valence electrons. The van der Waals surface area contributed by atoms with Crippen molar-refractivity contribution in [3.63, 3.8) is 0 Å². The third-order valence-electron chi connectivity index (χ3n) is 2.04. The highest BCUT2D eigenvalue weighted by Gasteiger charge is 2.08. The second-order valence-electron chi connectivity index (χ2n) is 2.92. The molecule has 0 aliphatic rings. The quantitative estimate of drug-likeness (QED) is 0.772. The van der Waals surface area contributed by atoms with E-state index < -0.39 is 0 Å². The van der Waals surface area contributed by atoms with E-state index in [1.54, 1.807) is 0 Å². The lowest BCUT2D eigenvalue weighted by Gasteiger charge is -2.05. The van der Waals surface area contributed by atoms with E-state index in [1.165, 1.54) is 0 Å². The molecule has 0 saturated heterocycles. The van der Waals surface area contributed by atoms with Crippen LogP contribution in [-0.4, -0.2) is 4.98 Å². The van der Waals surface area contributed by atoms with E-state index in [-0.39, 0.29) is 0 Å². The molecular weight excluding hydrogens is 308 g/mol. The molecule has 0 atom stereocenters. The summed E-state index contributed by atoms with van der Waals surface area (Å²) in [5.41, 5.74) is 8.81. The minimum Gasteiger partial charge on any atom is -0.397 e. The molecule has 0 radical (unpaired) electrons. The number of para-hydroxylation sites is 1. The lowest BCUT2D eigenvalue weighted by atomic mass is 10.1. The highest BCUT2D eigenvalue weighted by molar-refractivity contribution is 9.11. The molecule has 4 heteroatoms. The number of benzene rings is 1. The fourth-order valence-electron chi connectivity index (χ4n) is 1.32. The summed E-state index contributed by atoms with van der Waals surface area (Å²) >= 11 is 6.87. The molecule has 0 aliphatic heterocycles. The first-order valence-corrected chi connectivity index (χ1v) is 5.65. The van der Waals surface area contributed by atoms with Crippen LogP contribution in [0.5, 0.6) is 0 Å². The zero-order chi connectivity index (χ0) is 10.1. The molecule has 2 rings (SSSR count). The zero-order valence-electron chi connectivity index (χ0n) is 7.22. The first-order chi connectivity index (χ1) is 6.70. The van der Waals surface area contributed by atoms with Crippen molar-refractivity contribution < 1.29 is 0 Å². The predicted octanol–water partition coefficient (Wildman–Crippen LogP) is 3.79. The molecule has 0 spiro atoms. The van der Waals surface area contributed by atoms with Crippen molar-refractivity contribution in [1.82, 2.24) is 4.98 Å². The van der Waals surface area contributed by atoms with Crippen LogP contribution in [0.3, 0.4) is 0 Å². The maximum absolute atomic E-state index is 5.96. The average molecular weight is 316 g/mol. The van der Waals surface area contributed by atoms with E-state index in [0.717, 1.165) is 25.8 Å². The van der Waals surface area contributed by atoms with Crippen molar-refractivity contribution in [1.29, 1.82) is 0 Å². The van der Waals surface area contributed by atoms with Crippen LogP contribution in [0, 0.1) is 0 Å². The van der Waals surface area contributed by atoms with E-state index in [1.807, 2.05) is 30.6 Å². The topological polar surface area (TPSA) is 41.8 Å². The minimum atomic E-state index is 0.757. The van der Waals surface area contributed by atoms with Crippen LogP contribution in [-0.2, 0) is 0 Å². The average Bonchev–Trinajstić information content (AvgIpc) is 2.57. The van der Waals surface area contributed by atoms with Gasteiger partial charge in [-0.2, -0.15) is 0 Å². The molecule has 1 aromatic carbocycles. The molecule has 2 aromatic rings. The van der Waals surface area contributed by atoms with E-state index in [9.17, 15) is 0 Å². The molecule has 2 nitrogen and oxygen atoms in total. The molecule has 0 saturated carbocycles. The Morgan fingerprint density at radius 2 is 1.79 bits per heavy atom. The summed E-state index contributed by atoms with van der Waals surface area (Å²) in [7, 11) is 0. The number of aromatic amines is 1. The van der Waals surface area contributed by atoms with Gasteiger partial charge in [-0.15, -0.1) is 0 Å². The number of H-pyrrole nitrogens is 1. The summed E-state index contributed by atoms with van der Waals surface area (Å²) in [5, 5.41) is 0. The van der Waals surface area contributed by atoms with Gasteiger partial charge in [-0.3, -0.25) is 0 Å². The second kappa shape index (κ2) is 3.79. The number of anilines is 1. The molecule has 0 amide bonds. The Labute approximate surface area is 98.8 Å². The molecule has 14 heavy (non-hydrogen) atoms. The lowest BCUT2D eigenvalue weighted by molar-refractivity contribution is 1.41. The largest absolute Gasteiger partial charge is 0.397 e. The van der Waals surface area contributed by atoms with Gasteiger partial charge in [-0.1, -0.05) is 12.1 Å². The Hall–Kier alpha value is -0.740. The van der Waals surface area contributed by atoms with Crippen molar-refractivity contribution in [2.45, 2.75) is 0 Å². The van der Waals surface area contributed by atoms with Gasteiger partial charge in [0.15, 0.2) is 0 Å². The van der Waals surface area contributed by atoms with Crippen LogP contribution >= 0.6 is 31.9 Å². The van der Waals surface area contributed by atoms with Crippen LogP contribution in [0.2, 0.25) is 0 Å². The van der Waals surface area contributed by atoms with Gasteiger partial charge < -0.3 is 10.7 Å². The molecule has 0 unspecified atom stereocenters. The van der Waals surface area contributed by atoms with Gasteiger partial charge in [-0.05, 0) is 37.9 Å². The second-order valence-corrected chi connectivity index (χ2v) is 4.63. The van der Waals surface area contributed by atoms with Gasteiger partial charge in [0.25, 0.3) is 0 Å². The number of nitrogen functional groups attached to an aromatic ring is 1. The SMILES string of the molecule is Nc1c(Br)cccc1-c1c[nH]cc1Br. The Balaban J connectivity index is 2.63. The monoisotopic (exact) mass is 314 g/mol. The van der Waals surface area contributed by atoms with Crippen LogP contribution in [0.4, 0.5) is 5.69 Å². The van der Waals surface area contributed by atoms with Gasteiger partial charge >= 0.3 is 0 Å². The molecular formula is C10H8Br2N2. The van der Waals surface area contributed by atoms with E-state index in [4.69, 9.17) is 5.73 Å². The molecule has 3 N–H and O–H groups in total. The smallest absolute Gasteiger partial charge is 0.0539 e. The minimum absolute atomic E-state index is 0.757. The van der Waals surface area contributed by atoms with Crippen molar-refractivity contribution >= 4 is 37.5 Å². The number of hydrogen-bond donors (Lipinski definition) is 2. The fourth-order valence-corrected chi connectivity index (χ4v) is 2.15.